The van der Waals surface area contributed by atoms with Crippen molar-refractivity contribution < 1.29 is 0 Å². The molecule has 2 rings (SSSR count). The van der Waals surface area contributed by atoms with Crippen molar-refractivity contribution >= 4 is 5.82 Å². The van der Waals surface area contributed by atoms with Gasteiger partial charge < -0.3 is 10.2 Å². The Balaban J connectivity index is 2.05. The van der Waals surface area contributed by atoms with Gasteiger partial charge in [0.05, 0.1) is 0 Å². The lowest BCUT2D eigenvalue weighted by atomic mass is 10.1. The van der Waals surface area contributed by atoms with Gasteiger partial charge in [-0.2, -0.15) is 0 Å². The molecule has 1 aliphatic heterocycles. The van der Waals surface area contributed by atoms with Crippen LogP contribution in [0.4, 0.5) is 5.82 Å². The van der Waals surface area contributed by atoms with E-state index in [9.17, 15) is 0 Å². The molecule has 1 fully saturated rings. The second-order valence-corrected chi connectivity index (χ2v) is 5.96. The average molecular weight is 261 g/mol. The normalized spacial score (nSPS) is 23.3. The summed E-state index contributed by atoms with van der Waals surface area (Å²) in [6.07, 6.45) is 5.82. The molecule has 19 heavy (non-hydrogen) atoms. The summed E-state index contributed by atoms with van der Waals surface area (Å²) in [6, 6.07) is 6.19. The van der Waals surface area contributed by atoms with E-state index < -0.39 is 0 Å². The minimum Gasteiger partial charge on any atom is -0.351 e. The summed E-state index contributed by atoms with van der Waals surface area (Å²) in [4.78, 5) is 7.17. The summed E-state index contributed by atoms with van der Waals surface area (Å²) >= 11 is 0. The van der Waals surface area contributed by atoms with E-state index in [-0.39, 0.29) is 0 Å². The van der Waals surface area contributed by atoms with Crippen LogP contribution in [0.3, 0.4) is 0 Å². The molecule has 0 spiro atoms. The number of hydrogen-bond acceptors (Lipinski definition) is 3. The van der Waals surface area contributed by atoms with Crippen molar-refractivity contribution in [2.75, 3.05) is 4.90 Å². The third-order valence-electron chi connectivity index (χ3n) is 4.05. The van der Waals surface area contributed by atoms with Crippen molar-refractivity contribution in [3.05, 3.63) is 23.9 Å². The van der Waals surface area contributed by atoms with Gasteiger partial charge in [-0.15, -0.1) is 0 Å². The predicted octanol–water partition coefficient (Wildman–Crippen LogP) is 3.35. The predicted molar refractivity (Wildman–Crippen MR) is 81.5 cm³/mol. The van der Waals surface area contributed by atoms with Crippen LogP contribution in [-0.4, -0.2) is 23.1 Å². The first-order chi connectivity index (χ1) is 9.11. The van der Waals surface area contributed by atoms with Crippen molar-refractivity contribution in [2.45, 2.75) is 71.6 Å². The smallest absolute Gasteiger partial charge is 0.128 e. The van der Waals surface area contributed by atoms with Crippen LogP contribution in [-0.2, 0) is 6.54 Å². The van der Waals surface area contributed by atoms with E-state index in [1.807, 2.05) is 6.20 Å². The van der Waals surface area contributed by atoms with Gasteiger partial charge in [0, 0.05) is 30.9 Å². The lowest BCUT2D eigenvalue weighted by Gasteiger charge is -2.29. The maximum absolute atomic E-state index is 4.67. The minimum atomic E-state index is 0.516. The third-order valence-corrected chi connectivity index (χ3v) is 4.05. The first-order valence-electron chi connectivity index (χ1n) is 7.58. The van der Waals surface area contributed by atoms with Crippen molar-refractivity contribution in [2.24, 2.45) is 0 Å². The summed E-state index contributed by atoms with van der Waals surface area (Å²) in [5.74, 6) is 1.14. The van der Waals surface area contributed by atoms with Gasteiger partial charge in [-0.25, -0.2) is 4.98 Å². The Bertz CT molecular complexity index is 385. The molecule has 2 unspecified atom stereocenters. The maximum atomic E-state index is 4.67. The van der Waals surface area contributed by atoms with E-state index in [1.54, 1.807) is 0 Å². The molecule has 3 nitrogen and oxygen atoms in total. The molecule has 3 heteroatoms. The van der Waals surface area contributed by atoms with Crippen LogP contribution in [0.25, 0.3) is 0 Å². The quantitative estimate of drug-likeness (QED) is 0.881. The summed E-state index contributed by atoms with van der Waals surface area (Å²) in [6.45, 7) is 9.82. The molecule has 0 saturated carbocycles. The second kappa shape index (κ2) is 6.38. The Labute approximate surface area is 117 Å². The standard InChI is InChI=1S/C16H27N3/c1-5-15-8-6-13(4)19(15)16-9-7-14(11-18-16)10-17-12(2)3/h7,9,11-13,15,17H,5-6,8,10H2,1-4H3. The van der Waals surface area contributed by atoms with Gasteiger partial charge in [-0.1, -0.05) is 26.8 Å². The Kier molecular flexibility index (Phi) is 4.81. The molecule has 1 aromatic rings. The largest absolute Gasteiger partial charge is 0.351 e. The fraction of sp³-hybridized carbons (Fsp3) is 0.688. The fourth-order valence-electron chi connectivity index (χ4n) is 2.88. The third kappa shape index (κ3) is 3.47. The van der Waals surface area contributed by atoms with Gasteiger partial charge in [-0.3, -0.25) is 0 Å². The summed E-state index contributed by atoms with van der Waals surface area (Å²) < 4.78 is 0. The molecule has 0 aliphatic carbocycles. The van der Waals surface area contributed by atoms with E-state index >= 15 is 0 Å². The van der Waals surface area contributed by atoms with Crippen LogP contribution in [0.5, 0.6) is 0 Å². The molecule has 2 atom stereocenters. The monoisotopic (exact) mass is 261 g/mol. The SMILES string of the molecule is CCC1CCC(C)N1c1ccc(CNC(C)C)cn1. The van der Waals surface area contributed by atoms with Crippen LogP contribution in [0.15, 0.2) is 18.3 Å². The molecule has 1 N–H and O–H groups in total. The number of hydrogen-bond donors (Lipinski definition) is 1. The average Bonchev–Trinajstić information content (AvgIpc) is 2.78. The Morgan fingerprint density at radius 3 is 2.74 bits per heavy atom. The zero-order valence-electron chi connectivity index (χ0n) is 12.7. The Morgan fingerprint density at radius 2 is 2.16 bits per heavy atom. The maximum Gasteiger partial charge on any atom is 0.128 e. The highest BCUT2D eigenvalue weighted by Crippen LogP contribution is 2.30. The van der Waals surface area contributed by atoms with Crippen molar-refractivity contribution in [1.82, 2.24) is 10.3 Å². The van der Waals surface area contributed by atoms with E-state index in [0.717, 1.165) is 12.4 Å². The molecule has 0 bridgehead atoms. The zero-order chi connectivity index (χ0) is 13.8. The van der Waals surface area contributed by atoms with Crippen molar-refractivity contribution in [3.8, 4) is 0 Å². The number of aromatic nitrogens is 1. The number of pyridine rings is 1. The van der Waals surface area contributed by atoms with E-state index in [1.165, 1.54) is 24.8 Å². The molecule has 1 saturated heterocycles. The highest BCUT2D eigenvalue weighted by Gasteiger charge is 2.29. The highest BCUT2D eigenvalue weighted by molar-refractivity contribution is 5.43. The minimum absolute atomic E-state index is 0.516. The molecule has 0 radical (unpaired) electrons. The van der Waals surface area contributed by atoms with E-state index in [0.29, 0.717) is 18.1 Å². The first-order valence-corrected chi connectivity index (χ1v) is 7.58. The molecule has 1 aromatic heterocycles. The molecular weight excluding hydrogens is 234 g/mol. The van der Waals surface area contributed by atoms with Crippen LogP contribution in [0.1, 0.15) is 52.5 Å². The molecule has 106 valence electrons. The highest BCUT2D eigenvalue weighted by atomic mass is 15.2. The Hall–Kier alpha value is -1.09. The zero-order valence-corrected chi connectivity index (χ0v) is 12.7. The molecule has 1 aliphatic rings. The summed E-state index contributed by atoms with van der Waals surface area (Å²) in [5, 5.41) is 3.43. The van der Waals surface area contributed by atoms with Gasteiger partial charge in [0.15, 0.2) is 0 Å². The molecule has 0 amide bonds. The second-order valence-electron chi connectivity index (χ2n) is 5.96. The number of rotatable bonds is 5. The lowest BCUT2D eigenvalue weighted by molar-refractivity contribution is 0.587. The fourth-order valence-corrected chi connectivity index (χ4v) is 2.88. The van der Waals surface area contributed by atoms with Crippen LogP contribution in [0.2, 0.25) is 0 Å². The summed E-state index contributed by atoms with van der Waals surface area (Å²) in [7, 11) is 0. The number of nitrogens with zero attached hydrogens (tertiary/aromatic N) is 2. The molecule has 2 heterocycles. The van der Waals surface area contributed by atoms with E-state index in [4.69, 9.17) is 0 Å². The van der Waals surface area contributed by atoms with Crippen molar-refractivity contribution in [3.63, 3.8) is 0 Å². The van der Waals surface area contributed by atoms with Gasteiger partial charge in [0.2, 0.25) is 0 Å². The Morgan fingerprint density at radius 1 is 1.37 bits per heavy atom. The topological polar surface area (TPSA) is 28.2 Å². The van der Waals surface area contributed by atoms with Crippen LogP contribution in [0, 0.1) is 0 Å². The van der Waals surface area contributed by atoms with Crippen LogP contribution >= 0.6 is 0 Å². The van der Waals surface area contributed by atoms with Gasteiger partial charge in [0.1, 0.15) is 5.82 Å². The van der Waals surface area contributed by atoms with Gasteiger partial charge in [-0.05, 0) is 37.8 Å². The first kappa shape index (κ1) is 14.3. The molecule has 0 aromatic carbocycles. The lowest BCUT2D eigenvalue weighted by Crippen LogP contribution is -2.34. The van der Waals surface area contributed by atoms with Gasteiger partial charge in [0.25, 0.3) is 0 Å². The number of anilines is 1. The van der Waals surface area contributed by atoms with Gasteiger partial charge >= 0.3 is 0 Å². The van der Waals surface area contributed by atoms with Crippen molar-refractivity contribution in [1.29, 1.82) is 0 Å². The van der Waals surface area contributed by atoms with Crippen LogP contribution < -0.4 is 10.2 Å². The summed E-state index contributed by atoms with van der Waals surface area (Å²) in [5.41, 5.74) is 1.26. The number of nitrogens with one attached hydrogen (secondary N) is 1. The van der Waals surface area contributed by atoms with E-state index in [2.05, 4.69) is 55.0 Å². The molecular formula is C16H27N3.